The van der Waals surface area contributed by atoms with Crippen LogP contribution in [0.2, 0.25) is 0 Å². The van der Waals surface area contributed by atoms with Crippen molar-refractivity contribution in [2.24, 2.45) is 0 Å². The molecule has 0 spiro atoms. The summed E-state index contributed by atoms with van der Waals surface area (Å²) in [5.74, 6) is 0. The molecule has 0 atom stereocenters. The third kappa shape index (κ3) is 2.16. The molecule has 1 heterocycles. The molecule has 124 valence electrons. The minimum Gasteiger partial charge on any atom is -0.455 e. The van der Waals surface area contributed by atoms with Crippen LogP contribution >= 0.6 is 0 Å². The second-order valence-corrected chi connectivity index (χ2v) is 6.64. The van der Waals surface area contributed by atoms with E-state index in [-0.39, 0.29) is 5.43 Å². The average molecular weight is 336 g/mol. The first-order chi connectivity index (χ1) is 12.7. The highest BCUT2D eigenvalue weighted by molar-refractivity contribution is 6.12. The third-order valence-corrected chi connectivity index (χ3v) is 4.93. The van der Waals surface area contributed by atoms with Crippen molar-refractivity contribution in [1.29, 1.82) is 0 Å². The zero-order valence-corrected chi connectivity index (χ0v) is 14.3. The number of aryl methyl sites for hydroxylation is 1. The predicted molar refractivity (Wildman–Crippen MR) is 108 cm³/mol. The summed E-state index contributed by atoms with van der Waals surface area (Å²) in [6, 6.07) is 25.8. The Kier molecular flexibility index (Phi) is 3.19. The maximum absolute atomic E-state index is 13.3. The van der Waals surface area contributed by atoms with Crippen LogP contribution in [-0.2, 0) is 0 Å². The lowest BCUT2D eigenvalue weighted by atomic mass is 9.95. The highest BCUT2D eigenvalue weighted by Gasteiger charge is 2.16. The Morgan fingerprint density at radius 2 is 1.46 bits per heavy atom. The van der Waals surface area contributed by atoms with Crippen LogP contribution in [0.25, 0.3) is 43.8 Å². The molecule has 4 aromatic carbocycles. The molecule has 0 aliphatic heterocycles. The summed E-state index contributed by atoms with van der Waals surface area (Å²) in [7, 11) is 0. The first-order valence-corrected chi connectivity index (χ1v) is 8.67. The topological polar surface area (TPSA) is 30.2 Å². The molecule has 0 radical (unpaired) electrons. The lowest BCUT2D eigenvalue weighted by Crippen LogP contribution is -2.04. The number of rotatable bonds is 1. The molecule has 0 aliphatic carbocycles. The lowest BCUT2D eigenvalue weighted by Gasteiger charge is -2.11. The Bertz CT molecular complexity index is 1340. The molecule has 0 bridgehead atoms. The van der Waals surface area contributed by atoms with Gasteiger partial charge in [0.15, 0.2) is 0 Å². The van der Waals surface area contributed by atoms with Crippen molar-refractivity contribution >= 4 is 32.7 Å². The van der Waals surface area contributed by atoms with Crippen LogP contribution in [0.1, 0.15) is 5.56 Å². The maximum Gasteiger partial charge on any atom is 0.201 e. The lowest BCUT2D eigenvalue weighted by molar-refractivity contribution is 0.664. The van der Waals surface area contributed by atoms with Gasteiger partial charge in [0, 0.05) is 5.39 Å². The van der Waals surface area contributed by atoms with E-state index >= 15 is 0 Å². The van der Waals surface area contributed by atoms with Gasteiger partial charge in [0.25, 0.3) is 0 Å². The Morgan fingerprint density at radius 3 is 2.27 bits per heavy atom. The molecule has 0 fully saturated rings. The van der Waals surface area contributed by atoms with Crippen molar-refractivity contribution in [2.45, 2.75) is 6.92 Å². The summed E-state index contributed by atoms with van der Waals surface area (Å²) in [5.41, 5.74) is 4.42. The highest BCUT2D eigenvalue weighted by Crippen LogP contribution is 2.34. The van der Waals surface area contributed by atoms with E-state index in [1.807, 2.05) is 42.5 Å². The molecule has 26 heavy (non-hydrogen) atoms. The van der Waals surface area contributed by atoms with Gasteiger partial charge in [-0.3, -0.25) is 4.79 Å². The zero-order valence-electron chi connectivity index (χ0n) is 14.3. The molecule has 0 N–H and O–H groups in total. The number of benzene rings is 4. The van der Waals surface area contributed by atoms with Crippen molar-refractivity contribution in [1.82, 2.24) is 0 Å². The molecule has 0 saturated heterocycles. The van der Waals surface area contributed by atoms with Crippen LogP contribution < -0.4 is 5.43 Å². The van der Waals surface area contributed by atoms with Gasteiger partial charge in [0.05, 0.1) is 10.8 Å². The van der Waals surface area contributed by atoms with Gasteiger partial charge < -0.3 is 4.42 Å². The summed E-state index contributed by atoms with van der Waals surface area (Å²) in [6.45, 7) is 2.06. The van der Waals surface area contributed by atoms with E-state index in [1.165, 1.54) is 5.56 Å². The summed E-state index contributed by atoms with van der Waals surface area (Å²) >= 11 is 0. The van der Waals surface area contributed by atoms with Crippen LogP contribution in [0.15, 0.2) is 88.1 Å². The summed E-state index contributed by atoms with van der Waals surface area (Å²) in [4.78, 5) is 13.3. The van der Waals surface area contributed by atoms with Gasteiger partial charge in [-0.15, -0.1) is 0 Å². The van der Waals surface area contributed by atoms with Crippen molar-refractivity contribution < 1.29 is 4.42 Å². The van der Waals surface area contributed by atoms with Crippen LogP contribution in [0.3, 0.4) is 0 Å². The van der Waals surface area contributed by atoms with Crippen LogP contribution in [0, 0.1) is 6.92 Å². The summed E-state index contributed by atoms with van der Waals surface area (Å²) in [5, 5.41) is 3.28. The standard InChI is InChI=1S/C24H16O2/c1-15-10-12-16(13-11-15)20-14-17-6-2-3-7-18(17)24-22(20)23(25)19-8-4-5-9-21(19)26-24/h2-14H,1H3. The second kappa shape index (κ2) is 5.57. The number of fused-ring (bicyclic) bond motifs is 4. The first kappa shape index (κ1) is 14.9. The molecule has 0 saturated carbocycles. The molecule has 0 unspecified atom stereocenters. The monoisotopic (exact) mass is 336 g/mol. The van der Waals surface area contributed by atoms with E-state index in [0.717, 1.165) is 21.9 Å². The molecule has 1 aromatic heterocycles. The van der Waals surface area contributed by atoms with Gasteiger partial charge in [0.1, 0.15) is 11.2 Å². The van der Waals surface area contributed by atoms with E-state index in [0.29, 0.717) is 21.9 Å². The quantitative estimate of drug-likeness (QED) is 0.274. The Balaban J connectivity index is 2.04. The smallest absolute Gasteiger partial charge is 0.201 e. The third-order valence-electron chi connectivity index (χ3n) is 4.93. The molecule has 5 aromatic rings. The summed E-state index contributed by atoms with van der Waals surface area (Å²) < 4.78 is 6.23. The largest absolute Gasteiger partial charge is 0.455 e. The molecule has 2 heteroatoms. The Labute approximate surface area is 150 Å². The van der Waals surface area contributed by atoms with E-state index < -0.39 is 0 Å². The molecule has 5 rings (SSSR count). The van der Waals surface area contributed by atoms with Crippen LogP contribution in [0.4, 0.5) is 0 Å². The predicted octanol–water partition coefficient (Wildman–Crippen LogP) is 6.07. The summed E-state index contributed by atoms with van der Waals surface area (Å²) in [6.07, 6.45) is 0. The van der Waals surface area contributed by atoms with Crippen molar-refractivity contribution in [2.75, 3.05) is 0 Å². The minimum absolute atomic E-state index is 0.0168. The van der Waals surface area contributed by atoms with Crippen LogP contribution in [-0.4, -0.2) is 0 Å². The van der Waals surface area contributed by atoms with E-state index in [4.69, 9.17) is 4.42 Å². The fourth-order valence-electron chi connectivity index (χ4n) is 3.59. The molecule has 2 nitrogen and oxygen atoms in total. The number of hydrogen-bond donors (Lipinski definition) is 0. The van der Waals surface area contributed by atoms with Gasteiger partial charge in [-0.25, -0.2) is 0 Å². The number of para-hydroxylation sites is 1. The Morgan fingerprint density at radius 1 is 0.769 bits per heavy atom. The van der Waals surface area contributed by atoms with Crippen LogP contribution in [0.5, 0.6) is 0 Å². The fraction of sp³-hybridized carbons (Fsp3) is 0.0417. The van der Waals surface area contributed by atoms with Crippen molar-refractivity contribution in [3.63, 3.8) is 0 Å². The maximum atomic E-state index is 13.3. The van der Waals surface area contributed by atoms with E-state index in [9.17, 15) is 4.79 Å². The van der Waals surface area contributed by atoms with Gasteiger partial charge in [-0.2, -0.15) is 0 Å². The fourth-order valence-corrected chi connectivity index (χ4v) is 3.59. The van der Waals surface area contributed by atoms with E-state index in [1.54, 1.807) is 0 Å². The minimum atomic E-state index is 0.0168. The average Bonchev–Trinajstić information content (AvgIpc) is 2.68. The zero-order chi connectivity index (χ0) is 17.7. The van der Waals surface area contributed by atoms with Gasteiger partial charge in [-0.1, -0.05) is 66.2 Å². The molecular formula is C24H16O2. The first-order valence-electron chi connectivity index (χ1n) is 8.67. The molecule has 0 aliphatic rings. The second-order valence-electron chi connectivity index (χ2n) is 6.64. The van der Waals surface area contributed by atoms with Gasteiger partial charge in [0.2, 0.25) is 5.43 Å². The SMILES string of the molecule is Cc1ccc(-c2cc3ccccc3c3oc4ccccc4c(=O)c23)cc1. The van der Waals surface area contributed by atoms with Crippen molar-refractivity contribution in [3.8, 4) is 11.1 Å². The Hall–Kier alpha value is -3.39. The highest BCUT2D eigenvalue weighted by atomic mass is 16.3. The molecular weight excluding hydrogens is 320 g/mol. The molecule has 0 amide bonds. The van der Waals surface area contributed by atoms with Gasteiger partial charge in [-0.05, 0) is 41.6 Å². The van der Waals surface area contributed by atoms with Crippen molar-refractivity contribution in [3.05, 3.63) is 94.6 Å². The normalized spacial score (nSPS) is 11.4. The van der Waals surface area contributed by atoms with Gasteiger partial charge >= 0.3 is 0 Å². The number of hydrogen-bond acceptors (Lipinski definition) is 2. The van der Waals surface area contributed by atoms with E-state index in [2.05, 4.69) is 43.3 Å².